The molecule has 0 amide bonds. The van der Waals surface area contributed by atoms with Crippen molar-refractivity contribution in [3.63, 3.8) is 0 Å². The van der Waals surface area contributed by atoms with Crippen LogP contribution in [-0.2, 0) is 28.2 Å². The Morgan fingerprint density at radius 1 is 0.610 bits per heavy atom. The molecule has 0 heterocycles. The SMILES string of the molecule is CCCCCCCCCCCCCC(=O)OC[C@@H](COP(=O)([O-])O)OC(=O)CCCCCCCCCCCCC.[Na+]. The normalized spacial score (nSPS) is 13.3. The van der Waals surface area contributed by atoms with Crippen LogP contribution in [0.4, 0.5) is 0 Å². The molecule has 1 unspecified atom stereocenters. The van der Waals surface area contributed by atoms with Crippen LogP contribution < -0.4 is 34.5 Å². The minimum atomic E-state index is -4.98. The monoisotopic (exact) mass is 614 g/mol. The van der Waals surface area contributed by atoms with Gasteiger partial charge in [-0.15, -0.1) is 0 Å². The van der Waals surface area contributed by atoms with Crippen LogP contribution in [0, 0.1) is 0 Å². The molecule has 0 radical (unpaired) electrons. The molecule has 0 saturated carbocycles. The summed E-state index contributed by atoms with van der Waals surface area (Å²) in [6.07, 6.45) is 25.2. The Labute approximate surface area is 273 Å². The van der Waals surface area contributed by atoms with Gasteiger partial charge in [-0.2, -0.15) is 0 Å². The van der Waals surface area contributed by atoms with E-state index >= 15 is 0 Å². The van der Waals surface area contributed by atoms with Gasteiger partial charge in [0.25, 0.3) is 7.82 Å². The molecule has 2 atom stereocenters. The summed E-state index contributed by atoms with van der Waals surface area (Å²) in [6, 6.07) is 0. The second kappa shape index (κ2) is 31.5. The Kier molecular flexibility index (Phi) is 33.1. The zero-order valence-corrected chi connectivity index (χ0v) is 29.6. The van der Waals surface area contributed by atoms with Gasteiger partial charge in [0.05, 0.1) is 6.61 Å². The van der Waals surface area contributed by atoms with E-state index in [0.29, 0.717) is 6.42 Å². The summed E-state index contributed by atoms with van der Waals surface area (Å²) in [5.41, 5.74) is 0. The van der Waals surface area contributed by atoms with Crippen molar-refractivity contribution in [1.82, 2.24) is 0 Å². The molecule has 238 valence electrons. The van der Waals surface area contributed by atoms with Crippen LogP contribution >= 0.6 is 7.82 Å². The van der Waals surface area contributed by atoms with Crippen LogP contribution in [0.15, 0.2) is 0 Å². The zero-order chi connectivity index (χ0) is 29.7. The smallest absolute Gasteiger partial charge is 0.756 e. The van der Waals surface area contributed by atoms with Gasteiger partial charge in [-0.1, -0.05) is 142 Å². The van der Waals surface area contributed by atoms with E-state index < -0.39 is 32.5 Å². The van der Waals surface area contributed by atoms with Crippen molar-refractivity contribution in [3.8, 4) is 0 Å². The molecule has 0 aliphatic heterocycles. The summed E-state index contributed by atoms with van der Waals surface area (Å²) in [7, 11) is -4.98. The predicted molar refractivity (Wildman–Crippen MR) is 159 cm³/mol. The number of ether oxygens (including phenoxy) is 2. The van der Waals surface area contributed by atoms with Gasteiger partial charge in [0.2, 0.25) is 0 Å². The summed E-state index contributed by atoms with van der Waals surface area (Å²) in [6.45, 7) is 3.55. The molecule has 0 aromatic heterocycles. The van der Waals surface area contributed by atoms with Crippen LogP contribution in [-0.4, -0.2) is 36.1 Å². The van der Waals surface area contributed by atoms with E-state index in [9.17, 15) is 19.0 Å². The number of carbonyl (C=O) groups excluding carboxylic acids is 2. The van der Waals surface area contributed by atoms with Gasteiger partial charge in [0.15, 0.2) is 6.10 Å². The molecule has 0 aromatic rings. The molecule has 1 N–H and O–H groups in total. The number of phosphoric ester groups is 1. The van der Waals surface area contributed by atoms with Crippen molar-refractivity contribution in [2.24, 2.45) is 0 Å². The number of carbonyl (C=O) groups is 2. The molecule has 0 rings (SSSR count). The standard InChI is InChI=1S/C31H61O8P.Na/c1-3-5-7-9-11-13-15-17-19-21-23-25-30(32)37-27-29(28-38-40(34,35)36)39-31(33)26-24-22-20-18-16-14-12-10-8-6-4-2;/h29H,3-28H2,1-2H3,(H2,34,35,36);/q;+1/p-1/t29-;/m0./s1. The van der Waals surface area contributed by atoms with E-state index in [1.165, 1.54) is 96.3 Å². The molecule has 8 nitrogen and oxygen atoms in total. The van der Waals surface area contributed by atoms with Crippen molar-refractivity contribution >= 4 is 19.8 Å². The maximum atomic E-state index is 12.2. The topological polar surface area (TPSA) is 122 Å². The summed E-state index contributed by atoms with van der Waals surface area (Å²) >= 11 is 0. The van der Waals surface area contributed by atoms with Gasteiger partial charge in [-0.3, -0.25) is 14.2 Å². The molecule has 0 spiro atoms. The molecule has 0 aliphatic carbocycles. The maximum Gasteiger partial charge on any atom is 1.00 e. The summed E-state index contributed by atoms with van der Waals surface area (Å²) < 4.78 is 25.9. The quantitative estimate of drug-likeness (QED) is 0.0499. The summed E-state index contributed by atoms with van der Waals surface area (Å²) in [4.78, 5) is 44.2. The maximum absolute atomic E-state index is 12.2. The fourth-order valence-electron chi connectivity index (χ4n) is 4.66. The van der Waals surface area contributed by atoms with Gasteiger partial charge in [-0.05, 0) is 12.8 Å². The Bertz CT molecular complexity index is 644. The van der Waals surface area contributed by atoms with Crippen LogP contribution in [0.25, 0.3) is 0 Å². The van der Waals surface area contributed by atoms with Crippen molar-refractivity contribution in [2.45, 2.75) is 174 Å². The average Bonchev–Trinajstić information content (AvgIpc) is 2.91. The van der Waals surface area contributed by atoms with Crippen molar-refractivity contribution in [1.29, 1.82) is 0 Å². The minimum absolute atomic E-state index is 0. The van der Waals surface area contributed by atoms with E-state index in [1.807, 2.05) is 0 Å². The fourth-order valence-corrected chi connectivity index (χ4v) is 5.02. The van der Waals surface area contributed by atoms with Gasteiger partial charge in [0.1, 0.15) is 6.61 Å². The number of hydrogen-bond acceptors (Lipinski definition) is 7. The number of phosphoric acid groups is 1. The van der Waals surface area contributed by atoms with Crippen LogP contribution in [0.3, 0.4) is 0 Å². The Morgan fingerprint density at radius 2 is 0.951 bits per heavy atom. The van der Waals surface area contributed by atoms with Crippen LogP contribution in [0.1, 0.15) is 168 Å². The second-order valence-corrected chi connectivity index (χ2v) is 12.3. The number of unbranched alkanes of at least 4 members (excludes halogenated alkanes) is 20. The third-order valence-corrected chi connectivity index (χ3v) is 7.60. The molecule has 0 saturated heterocycles. The minimum Gasteiger partial charge on any atom is -0.756 e. The first-order valence-electron chi connectivity index (χ1n) is 16.3. The molecule has 0 aromatic carbocycles. The molecule has 41 heavy (non-hydrogen) atoms. The van der Waals surface area contributed by atoms with E-state index in [1.54, 1.807) is 0 Å². The molecule has 0 aliphatic rings. The third kappa shape index (κ3) is 34.4. The third-order valence-electron chi connectivity index (χ3n) is 7.12. The van der Waals surface area contributed by atoms with Crippen LogP contribution in [0.2, 0.25) is 0 Å². The Morgan fingerprint density at radius 3 is 1.32 bits per heavy atom. The predicted octanol–water partition coefficient (Wildman–Crippen LogP) is 5.32. The van der Waals surface area contributed by atoms with Gasteiger partial charge in [-0.25, -0.2) is 0 Å². The van der Waals surface area contributed by atoms with Crippen molar-refractivity contribution in [2.75, 3.05) is 13.2 Å². The number of rotatable bonds is 30. The number of esters is 2. The summed E-state index contributed by atoms with van der Waals surface area (Å²) in [5.74, 6) is -0.916. The van der Waals surface area contributed by atoms with Gasteiger partial charge >= 0.3 is 41.5 Å². The molecule has 0 fully saturated rings. The van der Waals surface area contributed by atoms with E-state index in [-0.39, 0.29) is 49.0 Å². The number of hydrogen-bond donors (Lipinski definition) is 1. The first-order chi connectivity index (χ1) is 19.3. The largest absolute Gasteiger partial charge is 1.00 e. The zero-order valence-electron chi connectivity index (χ0n) is 26.7. The van der Waals surface area contributed by atoms with Crippen LogP contribution in [0.5, 0.6) is 0 Å². The van der Waals surface area contributed by atoms with Crippen molar-refractivity contribution in [3.05, 3.63) is 0 Å². The Balaban J connectivity index is 0. The molecular weight excluding hydrogens is 554 g/mol. The van der Waals surface area contributed by atoms with Gasteiger partial charge in [0, 0.05) is 12.8 Å². The molecular formula is C31H60NaO8P. The fraction of sp³-hybridized carbons (Fsp3) is 0.935. The van der Waals surface area contributed by atoms with Gasteiger partial charge < -0.3 is 23.8 Å². The molecule has 10 heteroatoms. The molecule has 0 bridgehead atoms. The van der Waals surface area contributed by atoms with Crippen molar-refractivity contribution < 1.29 is 67.5 Å². The summed E-state index contributed by atoms with van der Waals surface area (Å²) in [5, 5.41) is 0. The first kappa shape index (κ1) is 43.2. The van der Waals surface area contributed by atoms with E-state index in [4.69, 9.17) is 14.4 Å². The first-order valence-corrected chi connectivity index (χ1v) is 17.8. The average molecular weight is 615 g/mol. The van der Waals surface area contributed by atoms with E-state index in [0.717, 1.165) is 38.5 Å². The Hall–Kier alpha value is 0.0500. The second-order valence-electron chi connectivity index (χ2n) is 11.1. The van der Waals surface area contributed by atoms with E-state index in [2.05, 4.69) is 18.4 Å².